The van der Waals surface area contributed by atoms with Crippen molar-refractivity contribution in [3.05, 3.63) is 82.2 Å². The van der Waals surface area contributed by atoms with Gasteiger partial charge in [0.25, 0.3) is 0 Å². The fourth-order valence-corrected chi connectivity index (χ4v) is 7.97. The molecule has 3 aromatic heterocycles. The maximum absolute atomic E-state index is 11.2. The van der Waals surface area contributed by atoms with Gasteiger partial charge in [0.05, 0.1) is 24.1 Å². The molecule has 1 saturated heterocycles. The third-order valence-corrected chi connectivity index (χ3v) is 9.60. The van der Waals surface area contributed by atoms with Gasteiger partial charge in [-0.25, -0.2) is 0 Å². The number of hydrogen-bond acceptors (Lipinski definition) is 2. The van der Waals surface area contributed by atoms with Gasteiger partial charge in [0.1, 0.15) is 11.7 Å². The summed E-state index contributed by atoms with van der Waals surface area (Å²) in [5.41, 5.74) is 8.34. The van der Waals surface area contributed by atoms with Crippen molar-refractivity contribution >= 4 is 12.2 Å². The molecule has 8 unspecified atom stereocenters. The lowest BCUT2D eigenvalue weighted by atomic mass is 9.75. The molecule has 0 spiro atoms. The summed E-state index contributed by atoms with van der Waals surface area (Å²) in [6.45, 7) is 13.2. The first-order valence-corrected chi connectivity index (χ1v) is 13.0. The van der Waals surface area contributed by atoms with Crippen molar-refractivity contribution in [2.24, 2.45) is 0 Å². The summed E-state index contributed by atoms with van der Waals surface area (Å²) in [4.78, 5) is 0. The highest BCUT2D eigenvalue weighted by atomic mass is 16.5. The minimum Gasteiger partial charge on any atom is -0.390 e. The molecule has 0 saturated carbocycles. The predicted octanol–water partition coefficient (Wildman–Crippen LogP) is 5.83. The number of rotatable bonds is 2. The molecule has 3 aromatic rings. The highest BCUT2D eigenvalue weighted by molar-refractivity contribution is 5.57. The van der Waals surface area contributed by atoms with Gasteiger partial charge < -0.3 is 23.5 Å². The number of aliphatic hydroxyl groups is 1. The van der Waals surface area contributed by atoms with E-state index in [0.717, 1.165) is 0 Å². The number of fused-ring (bicyclic) bond motifs is 3. The Hall–Kier alpha value is -2.76. The van der Waals surface area contributed by atoms with E-state index < -0.39 is 11.7 Å². The lowest BCUT2D eigenvalue weighted by molar-refractivity contribution is -0.0905. The molecule has 7 rings (SSSR count). The minimum atomic E-state index is -0.733. The maximum atomic E-state index is 11.2. The van der Waals surface area contributed by atoms with Crippen molar-refractivity contribution < 1.29 is 9.84 Å². The molecule has 1 N–H and O–H groups in total. The van der Waals surface area contributed by atoms with Gasteiger partial charge in [0.2, 0.25) is 0 Å². The SMILES string of the molecule is Cc1ccc2n1C(C)C(c1cc3n(c1C)C(C)C1OC4(C(C)O)C=Cc5ccc(C)n5C1C34)C=C2. The van der Waals surface area contributed by atoms with Crippen LogP contribution < -0.4 is 0 Å². The number of nitrogens with zero attached hydrogens (tertiary/aromatic N) is 3. The summed E-state index contributed by atoms with van der Waals surface area (Å²) >= 11 is 0. The Bertz CT molecular complexity index is 1420. The summed E-state index contributed by atoms with van der Waals surface area (Å²) in [6.07, 6.45) is 8.35. The van der Waals surface area contributed by atoms with Gasteiger partial charge in [-0.3, -0.25) is 0 Å². The van der Waals surface area contributed by atoms with Crippen LogP contribution in [0.25, 0.3) is 12.2 Å². The van der Waals surface area contributed by atoms with E-state index in [1.54, 1.807) is 0 Å². The Balaban J connectivity index is 1.43. The molecule has 7 heterocycles. The van der Waals surface area contributed by atoms with Crippen molar-refractivity contribution in [1.82, 2.24) is 13.7 Å². The van der Waals surface area contributed by atoms with Crippen molar-refractivity contribution in [2.45, 2.75) is 89.3 Å². The molecule has 0 radical (unpaired) electrons. The molecular formula is C30H35N3O2. The third kappa shape index (κ3) is 2.51. The van der Waals surface area contributed by atoms with Crippen LogP contribution in [-0.2, 0) is 4.74 Å². The summed E-state index contributed by atoms with van der Waals surface area (Å²) in [6, 6.07) is 12.0. The molecule has 182 valence electrons. The summed E-state index contributed by atoms with van der Waals surface area (Å²) in [5.74, 6) is 0.355. The Morgan fingerprint density at radius 2 is 1.60 bits per heavy atom. The van der Waals surface area contributed by atoms with Gasteiger partial charge in [-0.05, 0) is 95.7 Å². The van der Waals surface area contributed by atoms with Crippen LogP contribution >= 0.6 is 0 Å². The quantitative estimate of drug-likeness (QED) is 0.513. The number of aromatic nitrogens is 3. The Labute approximate surface area is 207 Å². The van der Waals surface area contributed by atoms with Crippen molar-refractivity contribution in [3.8, 4) is 0 Å². The highest BCUT2D eigenvalue weighted by Crippen LogP contribution is 2.61. The van der Waals surface area contributed by atoms with Gasteiger partial charge in [0.15, 0.2) is 0 Å². The lowest BCUT2D eigenvalue weighted by Crippen LogP contribution is -2.44. The van der Waals surface area contributed by atoms with E-state index in [-0.39, 0.29) is 24.1 Å². The van der Waals surface area contributed by atoms with E-state index in [9.17, 15) is 5.11 Å². The van der Waals surface area contributed by atoms with Crippen molar-refractivity contribution in [2.75, 3.05) is 0 Å². The largest absolute Gasteiger partial charge is 0.390 e. The van der Waals surface area contributed by atoms with Crippen LogP contribution in [0.1, 0.15) is 90.5 Å². The van der Waals surface area contributed by atoms with Crippen LogP contribution in [0, 0.1) is 20.8 Å². The number of allylic oxidation sites excluding steroid dienone is 1. The predicted molar refractivity (Wildman–Crippen MR) is 139 cm³/mol. The zero-order chi connectivity index (χ0) is 24.4. The van der Waals surface area contributed by atoms with Gasteiger partial charge in [0, 0.05) is 46.1 Å². The second-order valence-electron chi connectivity index (χ2n) is 11.3. The molecule has 4 aliphatic heterocycles. The normalized spacial score (nSPS) is 34.9. The molecule has 4 bridgehead atoms. The molecule has 5 nitrogen and oxygen atoms in total. The monoisotopic (exact) mass is 469 g/mol. The summed E-state index contributed by atoms with van der Waals surface area (Å²) in [7, 11) is 0. The Morgan fingerprint density at radius 3 is 2.31 bits per heavy atom. The molecule has 8 atom stereocenters. The number of aryl methyl sites for hydroxylation is 2. The molecule has 1 fully saturated rings. The summed E-state index contributed by atoms with van der Waals surface area (Å²) in [5, 5.41) is 11.2. The average molecular weight is 470 g/mol. The molecule has 0 aliphatic carbocycles. The van der Waals surface area contributed by atoms with Crippen LogP contribution in [-0.4, -0.2) is 36.6 Å². The Kier molecular flexibility index (Phi) is 4.26. The van der Waals surface area contributed by atoms with E-state index in [1.807, 2.05) is 6.92 Å². The first kappa shape index (κ1) is 21.5. The van der Waals surface area contributed by atoms with Crippen LogP contribution in [0.4, 0.5) is 0 Å². The number of ether oxygens (including phenoxy) is 1. The van der Waals surface area contributed by atoms with Crippen molar-refractivity contribution in [1.29, 1.82) is 0 Å². The van der Waals surface area contributed by atoms with E-state index in [0.29, 0.717) is 12.0 Å². The minimum absolute atomic E-state index is 0.00605. The molecule has 0 aromatic carbocycles. The lowest BCUT2D eigenvalue weighted by Gasteiger charge is -2.39. The Morgan fingerprint density at radius 1 is 0.914 bits per heavy atom. The van der Waals surface area contributed by atoms with Crippen LogP contribution in [0.15, 0.2) is 42.5 Å². The first-order valence-electron chi connectivity index (χ1n) is 13.0. The second kappa shape index (κ2) is 6.92. The molecule has 5 heteroatoms. The van der Waals surface area contributed by atoms with Gasteiger partial charge in [-0.1, -0.05) is 6.08 Å². The average Bonchev–Trinajstić information content (AvgIpc) is 3.50. The molecule has 0 amide bonds. The molecule has 4 aliphatic rings. The van der Waals surface area contributed by atoms with Crippen LogP contribution in [0.3, 0.4) is 0 Å². The van der Waals surface area contributed by atoms with Gasteiger partial charge in [-0.2, -0.15) is 0 Å². The number of aliphatic hydroxyl groups excluding tert-OH is 1. The maximum Gasteiger partial charge on any atom is 0.123 e. The zero-order valence-electron chi connectivity index (χ0n) is 21.4. The van der Waals surface area contributed by atoms with Crippen LogP contribution in [0.2, 0.25) is 0 Å². The highest BCUT2D eigenvalue weighted by Gasteiger charge is 2.63. The molecule has 35 heavy (non-hydrogen) atoms. The third-order valence-electron chi connectivity index (χ3n) is 9.60. The first-order chi connectivity index (χ1) is 16.7. The number of hydrogen-bond donors (Lipinski definition) is 1. The fraction of sp³-hybridized carbons (Fsp3) is 0.467. The smallest absolute Gasteiger partial charge is 0.123 e. The second-order valence-corrected chi connectivity index (χ2v) is 11.3. The zero-order valence-corrected chi connectivity index (χ0v) is 21.4. The fourth-order valence-electron chi connectivity index (χ4n) is 7.97. The van der Waals surface area contributed by atoms with E-state index in [1.165, 1.54) is 39.7 Å². The molecular weight excluding hydrogens is 434 g/mol. The van der Waals surface area contributed by atoms with E-state index in [4.69, 9.17) is 4.74 Å². The van der Waals surface area contributed by atoms with Crippen LogP contribution in [0.5, 0.6) is 0 Å². The van der Waals surface area contributed by atoms with E-state index in [2.05, 4.69) is 103 Å². The summed E-state index contributed by atoms with van der Waals surface area (Å²) < 4.78 is 14.3. The van der Waals surface area contributed by atoms with Gasteiger partial charge in [-0.15, -0.1) is 0 Å². The standard InChI is InChI=1S/C30H35N3O2/c1-16-7-9-22-11-12-24(18(3)31(16)22)25-15-26-27-28-29(20(5)33(26)19(25)4)35-30(27,21(6)34)14-13-23-10-8-17(2)32(23)28/h7-15,18,20-21,24,27-29,34H,1-6H3. The van der Waals surface area contributed by atoms with Gasteiger partial charge >= 0.3 is 0 Å². The van der Waals surface area contributed by atoms with E-state index >= 15 is 0 Å². The van der Waals surface area contributed by atoms with Crippen molar-refractivity contribution in [3.63, 3.8) is 0 Å². The topological polar surface area (TPSA) is 44.2 Å².